The zero-order valence-electron chi connectivity index (χ0n) is 6.70. The van der Waals surface area contributed by atoms with Gasteiger partial charge in [0.1, 0.15) is 0 Å². The van der Waals surface area contributed by atoms with E-state index in [0.717, 1.165) is 14.8 Å². The second-order valence-electron chi connectivity index (χ2n) is 2.61. The number of rotatable bonds is 1. The minimum Gasteiger partial charge on any atom is -0.397 e. The zero-order chi connectivity index (χ0) is 9.26. The Labute approximate surface area is 85.0 Å². The molecule has 0 amide bonds. The molecule has 2 aromatic rings. The van der Waals surface area contributed by atoms with Gasteiger partial charge < -0.3 is 5.73 Å². The first kappa shape index (κ1) is 8.53. The zero-order valence-corrected chi connectivity index (χ0v) is 8.27. The van der Waals surface area contributed by atoms with E-state index in [4.69, 9.17) is 17.3 Å². The predicted molar refractivity (Wildman–Crippen MR) is 57.0 cm³/mol. The van der Waals surface area contributed by atoms with E-state index in [2.05, 4.69) is 4.98 Å². The molecule has 2 N–H and O–H groups in total. The number of hydrogen-bond acceptors (Lipinski definition) is 3. The van der Waals surface area contributed by atoms with Crippen molar-refractivity contribution in [2.24, 2.45) is 0 Å². The molecule has 0 saturated carbocycles. The van der Waals surface area contributed by atoms with Crippen LogP contribution in [0.5, 0.6) is 0 Å². The van der Waals surface area contributed by atoms with Crippen LogP contribution in [0.15, 0.2) is 30.6 Å². The summed E-state index contributed by atoms with van der Waals surface area (Å²) < 4.78 is 0.775. The fraction of sp³-hybridized carbons (Fsp3) is 0. The molecule has 0 saturated heterocycles. The van der Waals surface area contributed by atoms with Crippen LogP contribution in [-0.4, -0.2) is 4.98 Å². The molecule has 66 valence electrons. The van der Waals surface area contributed by atoms with E-state index in [9.17, 15) is 0 Å². The second-order valence-corrected chi connectivity index (χ2v) is 4.33. The van der Waals surface area contributed by atoms with E-state index in [-0.39, 0.29) is 0 Å². The van der Waals surface area contributed by atoms with Crippen LogP contribution in [0.4, 0.5) is 5.69 Å². The molecule has 0 aliphatic heterocycles. The highest BCUT2D eigenvalue weighted by Crippen LogP contribution is 2.30. The third-order valence-corrected chi connectivity index (χ3v) is 2.90. The average molecular weight is 211 g/mol. The lowest BCUT2D eigenvalue weighted by molar-refractivity contribution is 1.34. The molecule has 0 atom stereocenters. The molecular formula is C9H7ClN2S. The molecular weight excluding hydrogens is 204 g/mol. The van der Waals surface area contributed by atoms with Crippen molar-refractivity contribution < 1.29 is 0 Å². The van der Waals surface area contributed by atoms with Gasteiger partial charge in [-0.1, -0.05) is 11.6 Å². The summed E-state index contributed by atoms with van der Waals surface area (Å²) in [6.07, 6.45) is 3.40. The summed E-state index contributed by atoms with van der Waals surface area (Å²) in [7, 11) is 0. The summed E-state index contributed by atoms with van der Waals surface area (Å²) in [5.41, 5.74) is 7.29. The Balaban J connectivity index is 2.46. The lowest BCUT2D eigenvalue weighted by Gasteiger charge is -1.96. The van der Waals surface area contributed by atoms with Gasteiger partial charge in [-0.2, -0.15) is 0 Å². The third-order valence-electron chi connectivity index (χ3n) is 1.62. The van der Waals surface area contributed by atoms with Gasteiger partial charge in [0.25, 0.3) is 0 Å². The number of nitrogens with two attached hydrogens (primary N) is 1. The predicted octanol–water partition coefficient (Wildman–Crippen LogP) is 3.05. The molecule has 2 aromatic heterocycles. The summed E-state index contributed by atoms with van der Waals surface area (Å²) in [5, 5.41) is 0. The maximum absolute atomic E-state index is 5.82. The standard InChI is InChI=1S/C9H7ClN2S/c10-9-2-1-8(13-9)6-3-7(11)5-12-4-6/h1-5H,11H2. The minimum atomic E-state index is 0.669. The van der Waals surface area contributed by atoms with E-state index >= 15 is 0 Å². The Morgan fingerprint density at radius 1 is 1.31 bits per heavy atom. The van der Waals surface area contributed by atoms with Crippen LogP contribution in [0.3, 0.4) is 0 Å². The van der Waals surface area contributed by atoms with Crippen LogP contribution in [0.1, 0.15) is 0 Å². The highest BCUT2D eigenvalue weighted by molar-refractivity contribution is 7.19. The molecule has 2 rings (SSSR count). The van der Waals surface area contributed by atoms with E-state index in [1.54, 1.807) is 12.4 Å². The van der Waals surface area contributed by atoms with Crippen LogP contribution in [0.2, 0.25) is 4.34 Å². The van der Waals surface area contributed by atoms with Gasteiger partial charge in [0.05, 0.1) is 10.0 Å². The first-order valence-corrected chi connectivity index (χ1v) is 4.91. The van der Waals surface area contributed by atoms with Crippen molar-refractivity contribution in [1.82, 2.24) is 4.98 Å². The first-order valence-electron chi connectivity index (χ1n) is 3.72. The van der Waals surface area contributed by atoms with E-state index in [1.165, 1.54) is 11.3 Å². The molecule has 2 heterocycles. The first-order chi connectivity index (χ1) is 6.25. The summed E-state index contributed by atoms with van der Waals surface area (Å²) >= 11 is 7.34. The molecule has 0 unspecified atom stereocenters. The van der Waals surface area contributed by atoms with Crippen molar-refractivity contribution in [2.75, 3.05) is 5.73 Å². The van der Waals surface area contributed by atoms with Crippen LogP contribution in [0, 0.1) is 0 Å². The molecule has 4 heteroatoms. The van der Waals surface area contributed by atoms with Gasteiger partial charge in [-0.15, -0.1) is 11.3 Å². The number of nitrogen functional groups attached to an aromatic ring is 1. The largest absolute Gasteiger partial charge is 0.397 e. The Bertz CT molecular complexity index is 425. The van der Waals surface area contributed by atoms with Crippen molar-refractivity contribution in [1.29, 1.82) is 0 Å². The number of hydrogen-bond donors (Lipinski definition) is 1. The SMILES string of the molecule is Nc1cncc(-c2ccc(Cl)s2)c1. The Hall–Kier alpha value is -1.06. The maximum Gasteiger partial charge on any atom is 0.0934 e. The fourth-order valence-electron chi connectivity index (χ4n) is 1.06. The summed E-state index contributed by atoms with van der Waals surface area (Å²) in [5.74, 6) is 0. The Kier molecular flexibility index (Phi) is 2.20. The van der Waals surface area contributed by atoms with Crippen molar-refractivity contribution in [2.45, 2.75) is 0 Å². The molecule has 13 heavy (non-hydrogen) atoms. The maximum atomic E-state index is 5.82. The highest BCUT2D eigenvalue weighted by Gasteiger charge is 2.01. The summed E-state index contributed by atoms with van der Waals surface area (Å²) in [4.78, 5) is 5.10. The normalized spacial score (nSPS) is 10.2. The fourth-order valence-corrected chi connectivity index (χ4v) is 2.09. The number of pyridine rings is 1. The highest BCUT2D eigenvalue weighted by atomic mass is 35.5. The van der Waals surface area contributed by atoms with E-state index in [1.807, 2.05) is 18.2 Å². The number of nitrogens with zero attached hydrogens (tertiary/aromatic N) is 1. The van der Waals surface area contributed by atoms with Gasteiger partial charge in [-0.05, 0) is 18.2 Å². The van der Waals surface area contributed by atoms with E-state index < -0.39 is 0 Å². The minimum absolute atomic E-state index is 0.669. The number of halogens is 1. The second kappa shape index (κ2) is 3.36. The van der Waals surface area contributed by atoms with Crippen LogP contribution >= 0.6 is 22.9 Å². The van der Waals surface area contributed by atoms with Gasteiger partial charge in [0, 0.05) is 22.8 Å². The molecule has 0 aliphatic carbocycles. The molecule has 0 bridgehead atoms. The molecule has 0 fully saturated rings. The monoisotopic (exact) mass is 210 g/mol. The Morgan fingerprint density at radius 2 is 2.15 bits per heavy atom. The molecule has 0 aromatic carbocycles. The summed E-state index contributed by atoms with van der Waals surface area (Å²) in [6.45, 7) is 0. The van der Waals surface area contributed by atoms with Crippen molar-refractivity contribution >= 4 is 28.6 Å². The molecule has 0 aliphatic rings. The van der Waals surface area contributed by atoms with Gasteiger partial charge >= 0.3 is 0 Å². The number of aromatic nitrogens is 1. The Morgan fingerprint density at radius 3 is 2.77 bits per heavy atom. The smallest absolute Gasteiger partial charge is 0.0934 e. The average Bonchev–Trinajstić information content (AvgIpc) is 2.52. The third kappa shape index (κ3) is 1.82. The molecule has 2 nitrogen and oxygen atoms in total. The van der Waals surface area contributed by atoms with Gasteiger partial charge in [0.15, 0.2) is 0 Å². The van der Waals surface area contributed by atoms with E-state index in [0.29, 0.717) is 5.69 Å². The van der Waals surface area contributed by atoms with Crippen molar-refractivity contribution in [3.05, 3.63) is 34.9 Å². The van der Waals surface area contributed by atoms with Gasteiger partial charge in [0.2, 0.25) is 0 Å². The van der Waals surface area contributed by atoms with Gasteiger partial charge in [-0.3, -0.25) is 4.98 Å². The van der Waals surface area contributed by atoms with Crippen LogP contribution < -0.4 is 5.73 Å². The topological polar surface area (TPSA) is 38.9 Å². The number of thiophene rings is 1. The lowest BCUT2D eigenvalue weighted by atomic mass is 10.2. The quantitative estimate of drug-likeness (QED) is 0.786. The van der Waals surface area contributed by atoms with Crippen LogP contribution in [0.25, 0.3) is 10.4 Å². The lowest BCUT2D eigenvalue weighted by Crippen LogP contribution is -1.85. The van der Waals surface area contributed by atoms with Crippen molar-refractivity contribution in [3.8, 4) is 10.4 Å². The van der Waals surface area contributed by atoms with Crippen molar-refractivity contribution in [3.63, 3.8) is 0 Å². The molecule has 0 spiro atoms. The number of anilines is 1. The molecule has 0 radical (unpaired) electrons. The van der Waals surface area contributed by atoms with Crippen LogP contribution in [-0.2, 0) is 0 Å². The summed E-state index contributed by atoms with van der Waals surface area (Å²) in [6, 6.07) is 5.71. The van der Waals surface area contributed by atoms with Gasteiger partial charge in [-0.25, -0.2) is 0 Å².